The lowest BCUT2D eigenvalue weighted by atomic mass is 9.96. The van der Waals surface area contributed by atoms with E-state index < -0.39 is 0 Å². The average Bonchev–Trinajstić information content (AvgIpc) is 2.13. The lowest BCUT2D eigenvalue weighted by molar-refractivity contribution is -0.128. The summed E-state index contributed by atoms with van der Waals surface area (Å²) >= 11 is 0. The zero-order valence-electron chi connectivity index (χ0n) is 9.48. The lowest BCUT2D eigenvalue weighted by Crippen LogP contribution is -2.46. The van der Waals surface area contributed by atoms with E-state index in [0.29, 0.717) is 6.54 Å². The van der Waals surface area contributed by atoms with E-state index in [-0.39, 0.29) is 11.4 Å². The van der Waals surface area contributed by atoms with E-state index in [1.54, 1.807) is 19.0 Å². The van der Waals surface area contributed by atoms with Gasteiger partial charge in [-0.1, -0.05) is 13.8 Å². The van der Waals surface area contributed by atoms with Crippen molar-refractivity contribution < 1.29 is 4.79 Å². The zero-order chi connectivity index (χ0) is 10.5. The van der Waals surface area contributed by atoms with Gasteiger partial charge in [0.1, 0.15) is 0 Å². The highest BCUT2D eigenvalue weighted by molar-refractivity contribution is 5.77. The number of rotatable bonds is 5. The molecule has 0 saturated heterocycles. The summed E-state index contributed by atoms with van der Waals surface area (Å²) in [7, 11) is 3.55. The molecule has 0 atom stereocenters. The van der Waals surface area contributed by atoms with Crippen molar-refractivity contribution in [3.05, 3.63) is 0 Å². The van der Waals surface area contributed by atoms with E-state index in [2.05, 4.69) is 26.1 Å². The maximum absolute atomic E-state index is 11.3. The molecule has 0 unspecified atom stereocenters. The molecule has 3 nitrogen and oxygen atoms in total. The van der Waals surface area contributed by atoms with Crippen molar-refractivity contribution in [2.45, 2.75) is 39.2 Å². The summed E-state index contributed by atoms with van der Waals surface area (Å²) in [5.74, 6) is 0.133. The van der Waals surface area contributed by atoms with Gasteiger partial charge in [0.15, 0.2) is 0 Å². The molecule has 0 bridgehead atoms. The van der Waals surface area contributed by atoms with Crippen LogP contribution in [-0.2, 0) is 4.79 Å². The molecule has 13 heavy (non-hydrogen) atoms. The molecule has 1 N–H and O–H groups in total. The third kappa shape index (κ3) is 4.27. The highest BCUT2D eigenvalue weighted by Gasteiger charge is 2.19. The summed E-state index contributed by atoms with van der Waals surface area (Å²) in [6, 6.07) is 0. The van der Waals surface area contributed by atoms with E-state index in [1.165, 1.54) is 0 Å². The number of amides is 1. The van der Waals surface area contributed by atoms with Crippen LogP contribution in [0, 0.1) is 0 Å². The SMILES string of the molecule is CCC(C)(CC)NCC(=O)N(C)C. The molecule has 3 heteroatoms. The number of likely N-dealkylation sites (N-methyl/N-ethyl adjacent to an activating group) is 1. The van der Waals surface area contributed by atoms with E-state index in [1.807, 2.05) is 0 Å². The number of nitrogens with zero attached hydrogens (tertiary/aromatic N) is 1. The van der Waals surface area contributed by atoms with Gasteiger partial charge in [-0.05, 0) is 19.8 Å². The molecule has 0 spiro atoms. The Morgan fingerprint density at radius 3 is 2.08 bits per heavy atom. The number of nitrogens with one attached hydrogen (secondary N) is 1. The highest BCUT2D eigenvalue weighted by Crippen LogP contribution is 2.12. The smallest absolute Gasteiger partial charge is 0.236 e. The minimum atomic E-state index is 0.103. The fourth-order valence-corrected chi connectivity index (χ4v) is 0.947. The second kappa shape index (κ2) is 5.22. The van der Waals surface area contributed by atoms with Crippen LogP contribution < -0.4 is 5.32 Å². The Morgan fingerprint density at radius 1 is 1.31 bits per heavy atom. The maximum Gasteiger partial charge on any atom is 0.236 e. The summed E-state index contributed by atoms with van der Waals surface area (Å²) in [6.07, 6.45) is 2.09. The van der Waals surface area contributed by atoms with E-state index >= 15 is 0 Å². The second-order valence-corrected chi connectivity index (χ2v) is 3.91. The summed E-state index contributed by atoms with van der Waals surface area (Å²) in [5, 5.41) is 3.29. The first-order chi connectivity index (χ1) is 5.95. The predicted molar refractivity (Wildman–Crippen MR) is 55.7 cm³/mol. The van der Waals surface area contributed by atoms with Crippen LogP contribution in [0.25, 0.3) is 0 Å². The molecular formula is C10H22N2O. The second-order valence-electron chi connectivity index (χ2n) is 3.91. The van der Waals surface area contributed by atoms with Crippen molar-refractivity contribution in [3.63, 3.8) is 0 Å². The maximum atomic E-state index is 11.3. The lowest BCUT2D eigenvalue weighted by Gasteiger charge is -2.28. The Morgan fingerprint density at radius 2 is 1.77 bits per heavy atom. The number of carbonyl (C=O) groups is 1. The van der Waals surface area contributed by atoms with Gasteiger partial charge in [-0.25, -0.2) is 0 Å². The molecular weight excluding hydrogens is 164 g/mol. The Hall–Kier alpha value is -0.570. The van der Waals surface area contributed by atoms with Crippen LogP contribution in [0.4, 0.5) is 0 Å². The van der Waals surface area contributed by atoms with E-state index in [4.69, 9.17) is 0 Å². The first-order valence-corrected chi connectivity index (χ1v) is 4.90. The summed E-state index contributed by atoms with van der Waals surface area (Å²) in [6.45, 7) is 6.86. The Kier molecular flexibility index (Phi) is 4.99. The van der Waals surface area contributed by atoms with E-state index in [9.17, 15) is 4.79 Å². The van der Waals surface area contributed by atoms with Crippen LogP contribution in [0.2, 0.25) is 0 Å². The standard InChI is InChI=1S/C10H22N2O/c1-6-10(3,7-2)11-8-9(13)12(4)5/h11H,6-8H2,1-5H3. The molecule has 1 amide bonds. The predicted octanol–water partition coefficient (Wildman–Crippen LogP) is 1.24. The molecule has 0 aromatic rings. The van der Waals surface area contributed by atoms with Crippen molar-refractivity contribution in [3.8, 4) is 0 Å². The van der Waals surface area contributed by atoms with Gasteiger partial charge in [-0.15, -0.1) is 0 Å². The van der Waals surface area contributed by atoms with Crippen molar-refractivity contribution in [1.29, 1.82) is 0 Å². The zero-order valence-corrected chi connectivity index (χ0v) is 9.48. The average molecular weight is 186 g/mol. The van der Waals surface area contributed by atoms with Gasteiger partial charge in [-0.3, -0.25) is 4.79 Å². The number of hydrogen-bond acceptors (Lipinski definition) is 2. The van der Waals surface area contributed by atoms with Crippen molar-refractivity contribution in [1.82, 2.24) is 10.2 Å². The number of carbonyl (C=O) groups excluding carboxylic acids is 1. The van der Waals surface area contributed by atoms with Crippen LogP contribution in [0.3, 0.4) is 0 Å². The molecule has 0 radical (unpaired) electrons. The molecule has 0 rings (SSSR count). The largest absolute Gasteiger partial charge is 0.348 e. The van der Waals surface area contributed by atoms with Crippen LogP contribution in [0.15, 0.2) is 0 Å². The molecule has 0 saturated carbocycles. The molecule has 0 fully saturated rings. The molecule has 0 heterocycles. The minimum absolute atomic E-state index is 0.103. The van der Waals surface area contributed by atoms with Gasteiger partial charge < -0.3 is 10.2 Å². The molecule has 0 aromatic heterocycles. The fourth-order valence-electron chi connectivity index (χ4n) is 0.947. The van der Waals surface area contributed by atoms with Crippen LogP contribution in [-0.4, -0.2) is 37.0 Å². The quantitative estimate of drug-likeness (QED) is 0.700. The molecule has 0 aliphatic rings. The Balaban J connectivity index is 3.92. The van der Waals surface area contributed by atoms with Crippen molar-refractivity contribution in [2.75, 3.05) is 20.6 Å². The van der Waals surface area contributed by atoms with Gasteiger partial charge in [0.2, 0.25) is 5.91 Å². The molecule has 0 aromatic carbocycles. The molecule has 0 aliphatic carbocycles. The third-order valence-corrected chi connectivity index (χ3v) is 2.73. The van der Waals surface area contributed by atoms with Crippen molar-refractivity contribution >= 4 is 5.91 Å². The topological polar surface area (TPSA) is 32.3 Å². The van der Waals surface area contributed by atoms with Gasteiger partial charge >= 0.3 is 0 Å². The minimum Gasteiger partial charge on any atom is -0.348 e. The van der Waals surface area contributed by atoms with Crippen molar-refractivity contribution in [2.24, 2.45) is 0 Å². The van der Waals surface area contributed by atoms with Crippen LogP contribution in [0.1, 0.15) is 33.6 Å². The highest BCUT2D eigenvalue weighted by atomic mass is 16.2. The third-order valence-electron chi connectivity index (χ3n) is 2.73. The monoisotopic (exact) mass is 186 g/mol. The Labute approximate surface area is 81.5 Å². The molecule has 0 aliphatic heterocycles. The fraction of sp³-hybridized carbons (Fsp3) is 0.900. The summed E-state index contributed by atoms with van der Waals surface area (Å²) in [5.41, 5.74) is 0.103. The Bertz CT molecular complexity index is 162. The normalized spacial score (nSPS) is 11.5. The van der Waals surface area contributed by atoms with Gasteiger partial charge in [0, 0.05) is 19.6 Å². The summed E-state index contributed by atoms with van der Waals surface area (Å²) < 4.78 is 0. The number of hydrogen-bond donors (Lipinski definition) is 1. The molecule has 78 valence electrons. The van der Waals surface area contributed by atoms with Gasteiger partial charge in [0.25, 0.3) is 0 Å². The van der Waals surface area contributed by atoms with Crippen LogP contribution in [0.5, 0.6) is 0 Å². The first kappa shape index (κ1) is 12.4. The van der Waals surface area contributed by atoms with E-state index in [0.717, 1.165) is 12.8 Å². The van der Waals surface area contributed by atoms with Gasteiger partial charge in [0.05, 0.1) is 6.54 Å². The summed E-state index contributed by atoms with van der Waals surface area (Å²) in [4.78, 5) is 12.9. The first-order valence-electron chi connectivity index (χ1n) is 4.90. The van der Waals surface area contributed by atoms with Crippen LogP contribution >= 0.6 is 0 Å². The van der Waals surface area contributed by atoms with Gasteiger partial charge in [-0.2, -0.15) is 0 Å².